The number of aryl methyl sites for hydroxylation is 1. The number of ether oxygens (including phenoxy) is 1. The highest BCUT2D eigenvalue weighted by Gasteiger charge is 2.11. The molecule has 0 saturated heterocycles. The Morgan fingerprint density at radius 1 is 1.06 bits per heavy atom. The number of aromatic hydroxyl groups is 1. The molecule has 88 valence electrons. The highest BCUT2D eigenvalue weighted by Crippen LogP contribution is 2.36. The Kier molecular flexibility index (Phi) is 3.00. The number of phenolic OH excluding ortho intramolecular Hbond substituents is 1. The van der Waals surface area contributed by atoms with E-state index in [9.17, 15) is 9.50 Å². The van der Waals surface area contributed by atoms with Crippen molar-refractivity contribution in [1.82, 2.24) is 0 Å². The van der Waals surface area contributed by atoms with Crippen LogP contribution in [-0.2, 0) is 0 Å². The van der Waals surface area contributed by atoms with E-state index in [2.05, 4.69) is 0 Å². The number of benzene rings is 2. The van der Waals surface area contributed by atoms with Crippen LogP contribution in [0.15, 0.2) is 36.4 Å². The maximum atomic E-state index is 13.3. The van der Waals surface area contributed by atoms with Gasteiger partial charge in [0, 0.05) is 11.1 Å². The maximum absolute atomic E-state index is 13.3. The number of methoxy groups -OCH3 is 1. The first-order valence-electron chi connectivity index (χ1n) is 5.25. The Hall–Kier alpha value is -2.03. The van der Waals surface area contributed by atoms with Gasteiger partial charge in [0.25, 0.3) is 0 Å². The highest BCUT2D eigenvalue weighted by atomic mass is 19.1. The lowest BCUT2D eigenvalue weighted by Gasteiger charge is -2.11. The van der Waals surface area contributed by atoms with E-state index in [-0.39, 0.29) is 11.6 Å². The summed E-state index contributed by atoms with van der Waals surface area (Å²) in [5.74, 6) is 0.286. The molecule has 0 bridgehead atoms. The van der Waals surface area contributed by atoms with E-state index < -0.39 is 0 Å². The molecule has 17 heavy (non-hydrogen) atoms. The molecule has 2 aromatic rings. The molecule has 0 amide bonds. The quantitative estimate of drug-likeness (QED) is 0.858. The van der Waals surface area contributed by atoms with Crippen molar-refractivity contribution in [3.05, 3.63) is 47.8 Å². The number of hydrogen-bond donors (Lipinski definition) is 1. The summed E-state index contributed by atoms with van der Waals surface area (Å²) in [6.07, 6.45) is 0. The lowest BCUT2D eigenvalue weighted by atomic mass is 10.0. The SMILES string of the molecule is COc1ccc(F)cc1-c1cc(C)ccc1O. The van der Waals surface area contributed by atoms with Gasteiger partial charge in [0.15, 0.2) is 0 Å². The fourth-order valence-electron chi connectivity index (χ4n) is 1.76. The molecule has 0 aromatic heterocycles. The van der Waals surface area contributed by atoms with E-state index in [1.54, 1.807) is 24.3 Å². The zero-order chi connectivity index (χ0) is 12.4. The van der Waals surface area contributed by atoms with E-state index in [1.165, 1.54) is 19.2 Å². The molecule has 0 saturated carbocycles. The highest BCUT2D eigenvalue weighted by molar-refractivity contribution is 5.76. The maximum Gasteiger partial charge on any atom is 0.127 e. The molecule has 0 aliphatic carbocycles. The minimum absolute atomic E-state index is 0.111. The molecule has 1 N–H and O–H groups in total. The first-order valence-corrected chi connectivity index (χ1v) is 5.25. The normalized spacial score (nSPS) is 10.3. The van der Waals surface area contributed by atoms with Gasteiger partial charge in [0.05, 0.1) is 7.11 Å². The molecule has 0 atom stereocenters. The van der Waals surface area contributed by atoms with Crippen LogP contribution in [0.25, 0.3) is 11.1 Å². The van der Waals surface area contributed by atoms with Gasteiger partial charge < -0.3 is 9.84 Å². The van der Waals surface area contributed by atoms with Crippen LogP contribution in [0.1, 0.15) is 5.56 Å². The molecule has 0 aliphatic heterocycles. The van der Waals surface area contributed by atoms with Crippen molar-refractivity contribution in [2.45, 2.75) is 6.92 Å². The summed E-state index contributed by atoms with van der Waals surface area (Å²) in [6.45, 7) is 1.91. The van der Waals surface area contributed by atoms with Gasteiger partial charge >= 0.3 is 0 Å². The fraction of sp³-hybridized carbons (Fsp3) is 0.143. The van der Waals surface area contributed by atoms with Gasteiger partial charge in [-0.3, -0.25) is 0 Å². The van der Waals surface area contributed by atoms with Crippen LogP contribution in [-0.4, -0.2) is 12.2 Å². The Bertz CT molecular complexity index is 550. The van der Waals surface area contributed by atoms with Gasteiger partial charge in [-0.25, -0.2) is 4.39 Å². The second-order valence-corrected chi connectivity index (χ2v) is 3.87. The van der Waals surface area contributed by atoms with Crippen LogP contribution >= 0.6 is 0 Å². The average Bonchev–Trinajstić information content (AvgIpc) is 2.32. The van der Waals surface area contributed by atoms with Crippen molar-refractivity contribution >= 4 is 0 Å². The Balaban J connectivity index is 2.66. The minimum atomic E-state index is -0.360. The first kappa shape index (κ1) is 11.5. The predicted molar refractivity (Wildman–Crippen MR) is 64.8 cm³/mol. The molecule has 0 aliphatic rings. The van der Waals surface area contributed by atoms with Crippen LogP contribution in [0.4, 0.5) is 4.39 Å². The van der Waals surface area contributed by atoms with E-state index in [0.29, 0.717) is 16.9 Å². The molecule has 0 unspecified atom stereocenters. The van der Waals surface area contributed by atoms with Crippen molar-refractivity contribution in [3.63, 3.8) is 0 Å². The van der Waals surface area contributed by atoms with Crippen LogP contribution in [0.3, 0.4) is 0 Å². The third-order valence-corrected chi connectivity index (χ3v) is 2.60. The third kappa shape index (κ3) is 2.23. The van der Waals surface area contributed by atoms with Gasteiger partial charge in [-0.2, -0.15) is 0 Å². The van der Waals surface area contributed by atoms with Gasteiger partial charge in [-0.05, 0) is 37.3 Å². The second-order valence-electron chi connectivity index (χ2n) is 3.87. The van der Waals surface area contributed by atoms with E-state index in [0.717, 1.165) is 5.56 Å². The number of phenols is 1. The zero-order valence-corrected chi connectivity index (χ0v) is 9.70. The topological polar surface area (TPSA) is 29.5 Å². The van der Waals surface area contributed by atoms with E-state index in [1.807, 2.05) is 6.92 Å². The van der Waals surface area contributed by atoms with Crippen molar-refractivity contribution in [2.75, 3.05) is 7.11 Å². The largest absolute Gasteiger partial charge is 0.507 e. The van der Waals surface area contributed by atoms with Crippen LogP contribution < -0.4 is 4.74 Å². The summed E-state index contributed by atoms with van der Waals surface area (Å²) in [5, 5.41) is 9.82. The number of hydrogen-bond acceptors (Lipinski definition) is 2. The van der Waals surface area contributed by atoms with Gasteiger partial charge in [-0.1, -0.05) is 11.6 Å². The van der Waals surface area contributed by atoms with Gasteiger partial charge in [0.1, 0.15) is 17.3 Å². The number of rotatable bonds is 2. The Labute approximate surface area is 99.3 Å². The first-order chi connectivity index (χ1) is 8.11. The molecule has 2 aromatic carbocycles. The molecular formula is C14H13FO2. The minimum Gasteiger partial charge on any atom is -0.507 e. The van der Waals surface area contributed by atoms with E-state index >= 15 is 0 Å². The molecule has 0 radical (unpaired) electrons. The fourth-order valence-corrected chi connectivity index (χ4v) is 1.76. The lowest BCUT2D eigenvalue weighted by Crippen LogP contribution is -1.90. The standard InChI is InChI=1S/C14H13FO2/c1-9-3-5-13(16)11(7-9)12-8-10(15)4-6-14(12)17-2/h3-8,16H,1-2H3. The molecule has 3 heteroatoms. The summed E-state index contributed by atoms with van der Waals surface area (Å²) < 4.78 is 18.4. The van der Waals surface area contributed by atoms with Crippen LogP contribution in [0, 0.1) is 12.7 Å². The summed E-state index contributed by atoms with van der Waals surface area (Å²) >= 11 is 0. The van der Waals surface area contributed by atoms with Crippen molar-refractivity contribution in [3.8, 4) is 22.6 Å². The predicted octanol–water partition coefficient (Wildman–Crippen LogP) is 3.52. The lowest BCUT2D eigenvalue weighted by molar-refractivity contribution is 0.414. The summed E-state index contributed by atoms with van der Waals surface area (Å²) in [5.41, 5.74) is 2.11. The van der Waals surface area contributed by atoms with Gasteiger partial charge in [0.2, 0.25) is 0 Å². The third-order valence-electron chi connectivity index (χ3n) is 2.60. The number of halogens is 1. The molecule has 2 nitrogen and oxygen atoms in total. The van der Waals surface area contributed by atoms with Crippen molar-refractivity contribution < 1.29 is 14.2 Å². The monoisotopic (exact) mass is 232 g/mol. The second kappa shape index (κ2) is 4.45. The Morgan fingerprint density at radius 3 is 2.53 bits per heavy atom. The molecule has 2 rings (SSSR count). The van der Waals surface area contributed by atoms with Gasteiger partial charge in [-0.15, -0.1) is 0 Å². The smallest absolute Gasteiger partial charge is 0.127 e. The molecule has 0 heterocycles. The zero-order valence-electron chi connectivity index (χ0n) is 9.70. The average molecular weight is 232 g/mol. The van der Waals surface area contributed by atoms with E-state index in [4.69, 9.17) is 4.74 Å². The summed E-state index contributed by atoms with van der Waals surface area (Å²) in [7, 11) is 1.52. The Morgan fingerprint density at radius 2 is 1.82 bits per heavy atom. The van der Waals surface area contributed by atoms with Crippen molar-refractivity contribution in [2.24, 2.45) is 0 Å². The van der Waals surface area contributed by atoms with Crippen molar-refractivity contribution in [1.29, 1.82) is 0 Å². The van der Waals surface area contributed by atoms with Crippen LogP contribution in [0.2, 0.25) is 0 Å². The molecule has 0 fully saturated rings. The molecular weight excluding hydrogens is 219 g/mol. The summed E-state index contributed by atoms with van der Waals surface area (Å²) in [4.78, 5) is 0. The molecule has 0 spiro atoms. The summed E-state index contributed by atoms with van der Waals surface area (Å²) in [6, 6.07) is 9.42. The van der Waals surface area contributed by atoms with Crippen LogP contribution in [0.5, 0.6) is 11.5 Å².